The van der Waals surface area contributed by atoms with Gasteiger partial charge < -0.3 is 9.80 Å². The summed E-state index contributed by atoms with van der Waals surface area (Å²) in [5.74, 6) is 0.303. The fourth-order valence-corrected chi connectivity index (χ4v) is 5.50. The molecule has 0 N–H and O–H groups in total. The molecule has 9 heteroatoms. The number of benzene rings is 1. The average molecular weight is 397 g/mol. The van der Waals surface area contributed by atoms with Gasteiger partial charge in [-0.3, -0.25) is 10.1 Å². The molecule has 1 aromatic rings. The predicted octanol–water partition coefficient (Wildman–Crippen LogP) is 2.16. The first-order valence-corrected chi connectivity index (χ1v) is 10.9. The molecule has 2 aliphatic rings. The largest absolute Gasteiger partial charge is 0.365 e. The highest BCUT2D eigenvalue weighted by molar-refractivity contribution is 7.89. The number of likely N-dealkylation sites (N-methyl/N-ethyl adjacent to an activating group) is 1. The fraction of sp³-hybridized carbons (Fsp3) is 0.667. The van der Waals surface area contributed by atoms with Gasteiger partial charge in [0, 0.05) is 38.8 Å². The minimum Gasteiger partial charge on any atom is -0.365 e. The van der Waals surface area contributed by atoms with Crippen molar-refractivity contribution in [3.05, 3.63) is 28.3 Å². The van der Waals surface area contributed by atoms with Gasteiger partial charge >= 0.3 is 0 Å². The molecule has 2 heterocycles. The van der Waals surface area contributed by atoms with Crippen molar-refractivity contribution in [1.82, 2.24) is 9.21 Å². The Balaban J connectivity index is 1.92. The van der Waals surface area contributed by atoms with Crippen LogP contribution in [-0.4, -0.2) is 68.9 Å². The summed E-state index contributed by atoms with van der Waals surface area (Å²) in [5.41, 5.74) is 0.368. The molecule has 0 aromatic heterocycles. The van der Waals surface area contributed by atoms with Gasteiger partial charge in [0.15, 0.2) is 0 Å². The number of hydrogen-bond donors (Lipinski definition) is 0. The van der Waals surface area contributed by atoms with Crippen LogP contribution in [0.25, 0.3) is 0 Å². The molecule has 0 spiro atoms. The Hall–Kier alpha value is -1.71. The number of anilines is 1. The third-order valence-corrected chi connectivity index (χ3v) is 7.32. The monoisotopic (exact) mass is 396 g/mol. The van der Waals surface area contributed by atoms with Crippen molar-refractivity contribution < 1.29 is 13.3 Å². The molecule has 1 atom stereocenters. The summed E-state index contributed by atoms with van der Waals surface area (Å²) in [6.45, 7) is 6.15. The van der Waals surface area contributed by atoms with Crippen LogP contribution in [0.15, 0.2) is 23.1 Å². The van der Waals surface area contributed by atoms with Crippen LogP contribution in [0.2, 0.25) is 0 Å². The number of rotatable bonds is 4. The second-order valence-corrected chi connectivity index (χ2v) is 9.60. The molecule has 0 radical (unpaired) electrons. The smallest absolute Gasteiger partial charge is 0.293 e. The summed E-state index contributed by atoms with van der Waals surface area (Å²) >= 11 is 0. The normalized spacial score (nSPS) is 23.2. The van der Waals surface area contributed by atoms with Crippen molar-refractivity contribution in [3.8, 4) is 0 Å². The Morgan fingerprint density at radius 3 is 2.59 bits per heavy atom. The van der Waals surface area contributed by atoms with E-state index in [1.807, 2.05) is 18.9 Å². The molecule has 2 fully saturated rings. The van der Waals surface area contributed by atoms with Crippen LogP contribution in [0, 0.1) is 16.0 Å². The Morgan fingerprint density at radius 1 is 1.11 bits per heavy atom. The molecule has 0 unspecified atom stereocenters. The summed E-state index contributed by atoms with van der Waals surface area (Å²) in [7, 11) is -1.68. The van der Waals surface area contributed by atoms with Crippen LogP contribution in [0.3, 0.4) is 0 Å². The average Bonchev–Trinajstić information content (AvgIpc) is 2.85. The lowest BCUT2D eigenvalue weighted by Crippen LogP contribution is -2.39. The van der Waals surface area contributed by atoms with Gasteiger partial charge in [0.1, 0.15) is 5.69 Å². The summed E-state index contributed by atoms with van der Waals surface area (Å²) in [5, 5.41) is 11.7. The second-order valence-electron chi connectivity index (χ2n) is 7.66. The van der Waals surface area contributed by atoms with E-state index >= 15 is 0 Å². The van der Waals surface area contributed by atoms with E-state index < -0.39 is 14.9 Å². The topological polar surface area (TPSA) is 87.0 Å². The first-order valence-electron chi connectivity index (χ1n) is 9.51. The second kappa shape index (κ2) is 8.12. The molecule has 0 amide bonds. The van der Waals surface area contributed by atoms with Gasteiger partial charge in [0.2, 0.25) is 10.0 Å². The zero-order valence-electron chi connectivity index (χ0n) is 16.0. The Labute approximate surface area is 160 Å². The van der Waals surface area contributed by atoms with Crippen LogP contribution in [0.4, 0.5) is 11.4 Å². The number of hydrogen-bond acceptors (Lipinski definition) is 6. The van der Waals surface area contributed by atoms with E-state index in [0.717, 1.165) is 38.9 Å². The van der Waals surface area contributed by atoms with Gasteiger partial charge in [-0.05, 0) is 50.9 Å². The van der Waals surface area contributed by atoms with E-state index in [1.54, 1.807) is 6.07 Å². The highest BCUT2D eigenvalue weighted by Crippen LogP contribution is 2.33. The minimum atomic E-state index is -3.71. The standard InChI is InChI=1S/C18H28N4O4S/c1-15-5-3-10-21(14-15)27(25,26)16-6-7-17(18(13-16)22(23)24)20-9-4-8-19(2)11-12-20/h6-7,13,15H,3-5,8-12,14H2,1-2H3/t15-/m0/s1. The van der Waals surface area contributed by atoms with Crippen molar-refractivity contribution >= 4 is 21.4 Å². The molecule has 0 aliphatic carbocycles. The number of piperidine rings is 1. The van der Waals surface area contributed by atoms with Crippen LogP contribution in [0.1, 0.15) is 26.2 Å². The number of nitro benzene ring substituents is 1. The SMILES string of the molecule is C[C@H]1CCCN(S(=O)(=O)c2ccc(N3CCCN(C)CC3)c([N+](=O)[O-])c2)C1. The molecular formula is C18H28N4O4S. The molecule has 150 valence electrons. The van der Waals surface area contributed by atoms with E-state index in [-0.39, 0.29) is 10.6 Å². The lowest BCUT2D eigenvalue weighted by molar-refractivity contribution is -0.384. The first kappa shape index (κ1) is 20.0. The number of sulfonamides is 1. The van der Waals surface area contributed by atoms with Gasteiger partial charge in [-0.2, -0.15) is 4.31 Å². The molecule has 0 saturated carbocycles. The third-order valence-electron chi connectivity index (χ3n) is 5.46. The summed E-state index contributed by atoms with van der Waals surface area (Å²) in [6.07, 6.45) is 2.75. The molecule has 3 rings (SSSR count). The van der Waals surface area contributed by atoms with Crippen molar-refractivity contribution in [2.45, 2.75) is 31.1 Å². The maximum atomic E-state index is 13.0. The number of nitro groups is 1. The Kier molecular flexibility index (Phi) is 6.02. The zero-order chi connectivity index (χ0) is 19.6. The quantitative estimate of drug-likeness (QED) is 0.573. The Bertz CT molecular complexity index is 799. The van der Waals surface area contributed by atoms with Crippen molar-refractivity contribution in [2.75, 3.05) is 51.2 Å². The van der Waals surface area contributed by atoms with Gasteiger partial charge in [-0.1, -0.05) is 6.92 Å². The maximum Gasteiger partial charge on any atom is 0.293 e. The van der Waals surface area contributed by atoms with Crippen molar-refractivity contribution in [1.29, 1.82) is 0 Å². The van der Waals surface area contributed by atoms with E-state index in [0.29, 0.717) is 31.2 Å². The molecule has 27 heavy (non-hydrogen) atoms. The maximum absolute atomic E-state index is 13.0. The molecule has 0 bridgehead atoms. The van der Waals surface area contributed by atoms with Gasteiger partial charge in [-0.25, -0.2) is 8.42 Å². The highest BCUT2D eigenvalue weighted by atomic mass is 32.2. The predicted molar refractivity (Wildman–Crippen MR) is 105 cm³/mol. The summed E-state index contributed by atoms with van der Waals surface area (Å²) in [6, 6.07) is 4.35. The van der Waals surface area contributed by atoms with E-state index in [2.05, 4.69) is 4.90 Å². The van der Waals surface area contributed by atoms with Crippen molar-refractivity contribution in [3.63, 3.8) is 0 Å². The van der Waals surface area contributed by atoms with E-state index in [4.69, 9.17) is 0 Å². The van der Waals surface area contributed by atoms with Gasteiger partial charge in [0.25, 0.3) is 5.69 Å². The molecule has 2 saturated heterocycles. The lowest BCUT2D eigenvalue weighted by Gasteiger charge is -2.30. The van der Waals surface area contributed by atoms with Crippen molar-refractivity contribution in [2.24, 2.45) is 5.92 Å². The molecular weight excluding hydrogens is 368 g/mol. The van der Waals surface area contributed by atoms with Crippen LogP contribution in [-0.2, 0) is 10.0 Å². The molecule has 1 aromatic carbocycles. The number of nitrogens with zero attached hydrogens (tertiary/aromatic N) is 4. The molecule has 2 aliphatic heterocycles. The van der Waals surface area contributed by atoms with Crippen LogP contribution in [0.5, 0.6) is 0 Å². The van der Waals surface area contributed by atoms with Crippen LogP contribution < -0.4 is 4.90 Å². The third kappa shape index (κ3) is 4.41. The summed E-state index contributed by atoms with van der Waals surface area (Å²) in [4.78, 5) is 15.4. The zero-order valence-corrected chi connectivity index (χ0v) is 16.8. The highest BCUT2D eigenvalue weighted by Gasteiger charge is 2.31. The van der Waals surface area contributed by atoms with Gasteiger partial charge in [0.05, 0.1) is 9.82 Å². The minimum absolute atomic E-state index is 0.0130. The van der Waals surface area contributed by atoms with E-state index in [1.165, 1.54) is 16.4 Å². The molecule has 8 nitrogen and oxygen atoms in total. The fourth-order valence-electron chi connectivity index (χ4n) is 3.88. The summed E-state index contributed by atoms with van der Waals surface area (Å²) < 4.78 is 27.4. The van der Waals surface area contributed by atoms with Gasteiger partial charge in [-0.15, -0.1) is 0 Å². The van der Waals surface area contributed by atoms with E-state index in [9.17, 15) is 18.5 Å². The lowest BCUT2D eigenvalue weighted by atomic mass is 10.0. The Morgan fingerprint density at radius 2 is 1.89 bits per heavy atom. The first-order chi connectivity index (χ1) is 12.8. The van der Waals surface area contributed by atoms with Crippen LogP contribution >= 0.6 is 0 Å².